The molecule has 1 saturated carbocycles. The Morgan fingerprint density at radius 2 is 2.00 bits per heavy atom. The number of nitrogens with zero attached hydrogens (tertiary/aromatic N) is 1. The molecule has 1 aliphatic rings. The Labute approximate surface area is 118 Å². The van der Waals surface area contributed by atoms with Crippen LogP contribution in [0.15, 0.2) is 0 Å². The van der Waals surface area contributed by atoms with Gasteiger partial charge >= 0.3 is 0 Å². The molecule has 3 N–H and O–H groups in total. The van der Waals surface area contributed by atoms with Crippen molar-refractivity contribution in [3.05, 3.63) is 0 Å². The van der Waals surface area contributed by atoms with Crippen LogP contribution in [0.2, 0.25) is 0 Å². The lowest BCUT2D eigenvalue weighted by Crippen LogP contribution is -2.57. The highest BCUT2D eigenvalue weighted by Crippen LogP contribution is 2.26. The van der Waals surface area contributed by atoms with E-state index in [0.29, 0.717) is 18.1 Å². The van der Waals surface area contributed by atoms with Gasteiger partial charge in [-0.3, -0.25) is 4.79 Å². The van der Waals surface area contributed by atoms with Gasteiger partial charge in [0.05, 0.1) is 5.54 Å². The third kappa shape index (κ3) is 4.77. The molecule has 0 aliphatic heterocycles. The van der Waals surface area contributed by atoms with Gasteiger partial charge in [0, 0.05) is 18.1 Å². The average Bonchev–Trinajstić information content (AvgIpc) is 3.11. The van der Waals surface area contributed by atoms with Gasteiger partial charge < -0.3 is 16.0 Å². The van der Waals surface area contributed by atoms with Gasteiger partial charge in [-0.05, 0) is 53.5 Å². The number of amides is 1. The van der Waals surface area contributed by atoms with Crippen molar-refractivity contribution in [2.75, 3.05) is 7.05 Å². The Kier molecular flexibility index (Phi) is 5.81. The molecular weight excluding hydrogens is 238 g/mol. The molecule has 3 atom stereocenters. The van der Waals surface area contributed by atoms with E-state index in [9.17, 15) is 4.79 Å². The highest BCUT2D eigenvalue weighted by Gasteiger charge is 2.38. The van der Waals surface area contributed by atoms with Crippen LogP contribution in [0.1, 0.15) is 59.8 Å². The summed E-state index contributed by atoms with van der Waals surface area (Å²) in [6.45, 7) is 8.58. The first-order valence-corrected chi connectivity index (χ1v) is 7.59. The van der Waals surface area contributed by atoms with Crippen LogP contribution in [0.3, 0.4) is 0 Å². The second-order valence-corrected chi connectivity index (χ2v) is 6.47. The number of hydrogen-bond donors (Lipinski definition) is 2. The molecule has 0 saturated heterocycles. The molecule has 0 radical (unpaired) electrons. The minimum Gasteiger partial charge on any atom is -0.368 e. The second kappa shape index (κ2) is 6.71. The van der Waals surface area contributed by atoms with Crippen molar-refractivity contribution >= 4 is 5.91 Å². The number of nitrogens with two attached hydrogens (primary N) is 1. The lowest BCUT2D eigenvalue weighted by molar-refractivity contribution is -0.124. The molecule has 1 aliphatic carbocycles. The van der Waals surface area contributed by atoms with Crippen molar-refractivity contribution in [3.8, 4) is 0 Å². The summed E-state index contributed by atoms with van der Waals surface area (Å²) in [7, 11) is 2.14. The van der Waals surface area contributed by atoms with E-state index in [1.165, 1.54) is 25.7 Å². The smallest absolute Gasteiger partial charge is 0.237 e. The van der Waals surface area contributed by atoms with Crippen molar-refractivity contribution < 1.29 is 4.79 Å². The van der Waals surface area contributed by atoms with Crippen molar-refractivity contribution in [3.63, 3.8) is 0 Å². The van der Waals surface area contributed by atoms with Gasteiger partial charge in [0.15, 0.2) is 0 Å². The van der Waals surface area contributed by atoms with Crippen LogP contribution in [0, 0.1) is 0 Å². The minimum absolute atomic E-state index is 0.234. The van der Waals surface area contributed by atoms with Gasteiger partial charge in [0.25, 0.3) is 0 Å². The minimum atomic E-state index is -0.583. The Bertz CT molecular complexity index is 304. The van der Waals surface area contributed by atoms with Crippen LogP contribution in [-0.2, 0) is 4.79 Å². The van der Waals surface area contributed by atoms with Gasteiger partial charge in [-0.1, -0.05) is 13.3 Å². The fraction of sp³-hybridized carbons (Fsp3) is 0.933. The number of hydrogen-bond acceptors (Lipinski definition) is 3. The summed E-state index contributed by atoms with van der Waals surface area (Å²) in [5, 5.41) is 3.42. The number of nitrogens with one attached hydrogen (secondary N) is 1. The first kappa shape index (κ1) is 16.4. The zero-order chi connectivity index (χ0) is 14.6. The Hall–Kier alpha value is -0.610. The Morgan fingerprint density at radius 3 is 2.42 bits per heavy atom. The van der Waals surface area contributed by atoms with Crippen molar-refractivity contribution in [2.45, 2.75) is 83.5 Å². The third-order valence-electron chi connectivity index (χ3n) is 4.44. The number of rotatable bonds is 9. The van der Waals surface area contributed by atoms with Gasteiger partial charge in [-0.2, -0.15) is 0 Å². The maximum Gasteiger partial charge on any atom is 0.237 e. The van der Waals surface area contributed by atoms with Crippen LogP contribution in [-0.4, -0.2) is 41.5 Å². The lowest BCUT2D eigenvalue weighted by Gasteiger charge is -2.37. The van der Waals surface area contributed by atoms with E-state index < -0.39 is 5.54 Å². The first-order valence-electron chi connectivity index (χ1n) is 7.59. The zero-order valence-corrected chi connectivity index (χ0v) is 13.2. The average molecular weight is 269 g/mol. The SMILES string of the molecule is CCCC(C)N(C)C(C)CC(C)(NC1CC1)C(N)=O. The van der Waals surface area contributed by atoms with Gasteiger partial charge in [0.1, 0.15) is 0 Å². The van der Waals surface area contributed by atoms with Crippen LogP contribution < -0.4 is 11.1 Å². The maximum absolute atomic E-state index is 11.8. The molecule has 0 heterocycles. The highest BCUT2D eigenvalue weighted by atomic mass is 16.1. The molecule has 0 aromatic heterocycles. The molecule has 19 heavy (non-hydrogen) atoms. The quantitative estimate of drug-likeness (QED) is 0.672. The normalized spacial score (nSPS) is 22.0. The van der Waals surface area contributed by atoms with E-state index in [0.717, 1.165) is 6.42 Å². The fourth-order valence-corrected chi connectivity index (χ4v) is 2.70. The van der Waals surface area contributed by atoms with Crippen molar-refractivity contribution in [1.82, 2.24) is 10.2 Å². The Balaban J connectivity index is 2.59. The maximum atomic E-state index is 11.8. The fourth-order valence-electron chi connectivity index (χ4n) is 2.70. The van der Waals surface area contributed by atoms with E-state index in [1.54, 1.807) is 0 Å². The summed E-state index contributed by atoms with van der Waals surface area (Å²) in [5.41, 5.74) is 5.03. The van der Waals surface area contributed by atoms with Crippen LogP contribution in [0.4, 0.5) is 0 Å². The molecule has 1 fully saturated rings. The van der Waals surface area contributed by atoms with E-state index in [1.807, 2.05) is 6.92 Å². The number of carbonyl (C=O) groups is 1. The van der Waals surface area contributed by atoms with E-state index in [2.05, 4.69) is 38.0 Å². The highest BCUT2D eigenvalue weighted by molar-refractivity contribution is 5.84. The Morgan fingerprint density at radius 1 is 1.42 bits per heavy atom. The molecule has 0 spiro atoms. The topological polar surface area (TPSA) is 58.4 Å². The predicted octanol–water partition coefficient (Wildman–Crippen LogP) is 1.88. The number of carbonyl (C=O) groups excluding carboxylic acids is 1. The summed E-state index contributed by atoms with van der Waals surface area (Å²) in [6, 6.07) is 1.37. The van der Waals surface area contributed by atoms with Gasteiger partial charge in [-0.15, -0.1) is 0 Å². The van der Waals surface area contributed by atoms with Crippen LogP contribution in [0.25, 0.3) is 0 Å². The molecule has 1 rings (SSSR count). The zero-order valence-electron chi connectivity index (χ0n) is 13.2. The van der Waals surface area contributed by atoms with Crippen molar-refractivity contribution in [2.24, 2.45) is 5.73 Å². The molecular formula is C15H31N3O. The van der Waals surface area contributed by atoms with Crippen LogP contribution >= 0.6 is 0 Å². The summed E-state index contributed by atoms with van der Waals surface area (Å²) in [6.07, 6.45) is 5.47. The third-order valence-corrected chi connectivity index (χ3v) is 4.44. The predicted molar refractivity (Wildman–Crippen MR) is 80.0 cm³/mol. The standard InChI is InChI=1S/C15H31N3O/c1-6-7-11(2)18(5)12(3)10-15(4,14(16)19)17-13-8-9-13/h11-13,17H,6-10H2,1-5H3,(H2,16,19). The van der Waals surface area contributed by atoms with Crippen LogP contribution in [0.5, 0.6) is 0 Å². The molecule has 0 bridgehead atoms. The molecule has 1 amide bonds. The largest absolute Gasteiger partial charge is 0.368 e. The van der Waals surface area contributed by atoms with E-state index in [4.69, 9.17) is 5.73 Å². The lowest BCUT2D eigenvalue weighted by atomic mass is 9.91. The molecule has 3 unspecified atom stereocenters. The van der Waals surface area contributed by atoms with E-state index >= 15 is 0 Å². The molecule has 4 heteroatoms. The summed E-state index contributed by atoms with van der Waals surface area (Å²) < 4.78 is 0. The van der Waals surface area contributed by atoms with Gasteiger partial charge in [-0.25, -0.2) is 0 Å². The molecule has 0 aromatic carbocycles. The summed E-state index contributed by atoms with van der Waals surface area (Å²) in [4.78, 5) is 14.1. The molecule has 0 aromatic rings. The second-order valence-electron chi connectivity index (χ2n) is 6.47. The molecule has 112 valence electrons. The summed E-state index contributed by atoms with van der Waals surface area (Å²) in [5.74, 6) is -0.234. The van der Waals surface area contributed by atoms with Gasteiger partial charge in [0.2, 0.25) is 5.91 Å². The monoisotopic (exact) mass is 269 g/mol. The first-order chi connectivity index (χ1) is 8.80. The summed E-state index contributed by atoms with van der Waals surface area (Å²) >= 11 is 0. The number of primary amides is 1. The van der Waals surface area contributed by atoms with E-state index in [-0.39, 0.29) is 5.91 Å². The molecule has 4 nitrogen and oxygen atoms in total. The van der Waals surface area contributed by atoms with Crippen molar-refractivity contribution in [1.29, 1.82) is 0 Å².